The second-order valence-corrected chi connectivity index (χ2v) is 5.37. The Morgan fingerprint density at radius 2 is 1.95 bits per heavy atom. The number of anilines is 1. The van der Waals surface area contributed by atoms with Crippen LogP contribution in [0.3, 0.4) is 0 Å². The second kappa shape index (κ2) is 5.52. The quantitative estimate of drug-likeness (QED) is 0.780. The molecule has 112 valence electrons. The molecule has 0 spiro atoms. The summed E-state index contributed by atoms with van der Waals surface area (Å²) in [5, 5.41) is 2.88. The minimum atomic E-state index is -0.494. The first kappa shape index (κ1) is 14.1. The number of carbonyl (C=O) groups is 1. The normalized spacial score (nSPS) is 10.8. The van der Waals surface area contributed by atoms with Gasteiger partial charge >= 0.3 is 5.76 Å². The van der Waals surface area contributed by atoms with Gasteiger partial charge in [-0.25, -0.2) is 4.79 Å². The summed E-state index contributed by atoms with van der Waals surface area (Å²) in [6, 6.07) is 11.0. The molecule has 1 amide bonds. The molecular formula is C17H16N2O3. The maximum Gasteiger partial charge on any atom is 0.417 e. The lowest BCUT2D eigenvalue weighted by Gasteiger charge is -2.07. The molecule has 2 aromatic carbocycles. The van der Waals surface area contributed by atoms with Crippen molar-refractivity contribution >= 4 is 22.7 Å². The highest BCUT2D eigenvalue weighted by atomic mass is 16.4. The van der Waals surface area contributed by atoms with Crippen LogP contribution in [0.25, 0.3) is 11.1 Å². The summed E-state index contributed by atoms with van der Waals surface area (Å²) in [5.74, 6) is -0.597. The Balaban J connectivity index is 1.74. The molecule has 0 saturated heterocycles. The summed E-state index contributed by atoms with van der Waals surface area (Å²) in [6.45, 7) is 4.04. The van der Waals surface area contributed by atoms with E-state index in [0.29, 0.717) is 11.1 Å². The predicted molar refractivity (Wildman–Crippen MR) is 85.1 cm³/mol. The highest BCUT2D eigenvalue weighted by molar-refractivity contribution is 5.92. The zero-order chi connectivity index (χ0) is 15.7. The van der Waals surface area contributed by atoms with E-state index in [0.717, 1.165) is 16.8 Å². The lowest BCUT2D eigenvalue weighted by molar-refractivity contribution is -0.115. The topological polar surface area (TPSA) is 75.1 Å². The van der Waals surface area contributed by atoms with Crippen LogP contribution in [0.1, 0.15) is 16.7 Å². The third-order valence-corrected chi connectivity index (χ3v) is 3.64. The van der Waals surface area contributed by atoms with E-state index in [-0.39, 0.29) is 12.3 Å². The van der Waals surface area contributed by atoms with E-state index in [4.69, 9.17) is 4.42 Å². The van der Waals surface area contributed by atoms with E-state index >= 15 is 0 Å². The lowest BCUT2D eigenvalue weighted by atomic mass is 10.1. The van der Waals surface area contributed by atoms with Gasteiger partial charge in [-0.05, 0) is 54.8 Å². The van der Waals surface area contributed by atoms with Crippen LogP contribution in [0.4, 0.5) is 5.69 Å². The third-order valence-electron chi connectivity index (χ3n) is 3.64. The standard InChI is InChI=1S/C17H16N2O3/c1-10-3-5-13(7-11(10)2)18-16(20)9-12-4-6-15-14(8-12)19-17(21)22-15/h3-8H,9H2,1-2H3,(H,18,20)(H,19,21). The Hall–Kier alpha value is -2.82. The van der Waals surface area contributed by atoms with Gasteiger partial charge in [0.1, 0.15) is 0 Å². The van der Waals surface area contributed by atoms with Crippen LogP contribution in [0, 0.1) is 13.8 Å². The van der Waals surface area contributed by atoms with Gasteiger partial charge in [0.2, 0.25) is 5.91 Å². The van der Waals surface area contributed by atoms with Gasteiger partial charge in [0.05, 0.1) is 11.9 Å². The van der Waals surface area contributed by atoms with Crippen molar-refractivity contribution in [1.29, 1.82) is 0 Å². The number of carbonyl (C=O) groups excluding carboxylic acids is 1. The molecule has 0 unspecified atom stereocenters. The van der Waals surface area contributed by atoms with Gasteiger partial charge in [-0.1, -0.05) is 12.1 Å². The Labute approximate surface area is 127 Å². The van der Waals surface area contributed by atoms with Crippen LogP contribution < -0.4 is 11.1 Å². The monoisotopic (exact) mass is 296 g/mol. The number of aryl methyl sites for hydroxylation is 2. The molecule has 0 atom stereocenters. The van der Waals surface area contributed by atoms with Gasteiger partial charge in [0.25, 0.3) is 0 Å². The molecule has 5 nitrogen and oxygen atoms in total. The van der Waals surface area contributed by atoms with E-state index in [2.05, 4.69) is 10.3 Å². The van der Waals surface area contributed by atoms with Gasteiger partial charge < -0.3 is 9.73 Å². The van der Waals surface area contributed by atoms with E-state index in [1.54, 1.807) is 18.2 Å². The number of oxazole rings is 1. The van der Waals surface area contributed by atoms with Crippen molar-refractivity contribution in [2.45, 2.75) is 20.3 Å². The molecular weight excluding hydrogens is 280 g/mol. The van der Waals surface area contributed by atoms with Crippen molar-refractivity contribution < 1.29 is 9.21 Å². The number of aromatic nitrogens is 1. The highest BCUT2D eigenvalue weighted by Gasteiger charge is 2.07. The summed E-state index contributed by atoms with van der Waals surface area (Å²) in [6.07, 6.45) is 0.232. The number of benzene rings is 2. The number of hydrogen-bond acceptors (Lipinski definition) is 3. The molecule has 1 heterocycles. The Morgan fingerprint density at radius 3 is 2.73 bits per heavy atom. The molecule has 3 aromatic rings. The maximum atomic E-state index is 12.1. The van der Waals surface area contributed by atoms with Crippen LogP contribution in [0.2, 0.25) is 0 Å². The summed E-state index contributed by atoms with van der Waals surface area (Å²) < 4.78 is 4.94. The Kier molecular flexibility index (Phi) is 3.55. The van der Waals surface area contributed by atoms with Gasteiger partial charge in [0.15, 0.2) is 5.58 Å². The van der Waals surface area contributed by atoms with Crippen molar-refractivity contribution in [3.63, 3.8) is 0 Å². The first-order chi connectivity index (χ1) is 10.5. The molecule has 0 aliphatic heterocycles. The van der Waals surface area contributed by atoms with Gasteiger partial charge in [-0.2, -0.15) is 0 Å². The van der Waals surface area contributed by atoms with Crippen molar-refractivity contribution in [3.8, 4) is 0 Å². The molecule has 0 saturated carbocycles. The average molecular weight is 296 g/mol. The molecule has 22 heavy (non-hydrogen) atoms. The number of rotatable bonds is 3. The first-order valence-corrected chi connectivity index (χ1v) is 7.00. The van der Waals surface area contributed by atoms with Crippen LogP contribution in [-0.2, 0) is 11.2 Å². The zero-order valence-electron chi connectivity index (χ0n) is 12.4. The molecule has 0 bridgehead atoms. The van der Waals surface area contributed by atoms with Crippen molar-refractivity contribution in [2.75, 3.05) is 5.32 Å². The summed E-state index contributed by atoms with van der Waals surface area (Å²) in [5.41, 5.74) is 5.00. The highest BCUT2D eigenvalue weighted by Crippen LogP contribution is 2.16. The van der Waals surface area contributed by atoms with Crippen molar-refractivity contribution in [1.82, 2.24) is 4.98 Å². The fourth-order valence-electron chi connectivity index (χ4n) is 2.32. The number of aromatic amines is 1. The van der Waals surface area contributed by atoms with Gasteiger partial charge in [-0.15, -0.1) is 0 Å². The van der Waals surface area contributed by atoms with Crippen molar-refractivity contribution in [2.24, 2.45) is 0 Å². The molecule has 0 aliphatic carbocycles. The molecule has 0 fully saturated rings. The van der Waals surface area contributed by atoms with E-state index in [9.17, 15) is 9.59 Å². The molecule has 0 radical (unpaired) electrons. The second-order valence-electron chi connectivity index (χ2n) is 5.37. The van der Waals surface area contributed by atoms with E-state index in [1.807, 2.05) is 32.0 Å². The molecule has 5 heteroatoms. The maximum absolute atomic E-state index is 12.1. The Bertz CT molecular complexity index is 906. The molecule has 1 aromatic heterocycles. The fourth-order valence-corrected chi connectivity index (χ4v) is 2.32. The molecule has 3 rings (SSSR count). The largest absolute Gasteiger partial charge is 0.417 e. The number of fused-ring (bicyclic) bond motifs is 1. The number of nitrogens with one attached hydrogen (secondary N) is 2. The van der Waals surface area contributed by atoms with Crippen molar-refractivity contribution in [3.05, 3.63) is 63.6 Å². The number of hydrogen-bond donors (Lipinski definition) is 2. The van der Waals surface area contributed by atoms with E-state index < -0.39 is 5.76 Å². The number of H-pyrrole nitrogens is 1. The minimum absolute atomic E-state index is 0.103. The van der Waals surface area contributed by atoms with E-state index in [1.165, 1.54) is 5.56 Å². The molecule has 0 aliphatic rings. The fraction of sp³-hybridized carbons (Fsp3) is 0.176. The third kappa shape index (κ3) is 2.93. The first-order valence-electron chi connectivity index (χ1n) is 7.00. The zero-order valence-corrected chi connectivity index (χ0v) is 12.4. The Morgan fingerprint density at radius 1 is 1.14 bits per heavy atom. The minimum Gasteiger partial charge on any atom is -0.408 e. The number of amides is 1. The van der Waals surface area contributed by atoms with Gasteiger partial charge in [0, 0.05) is 5.69 Å². The predicted octanol–water partition coefficient (Wildman–Crippen LogP) is 2.92. The average Bonchev–Trinajstić information content (AvgIpc) is 2.82. The van der Waals surface area contributed by atoms with Crippen LogP contribution in [-0.4, -0.2) is 10.9 Å². The van der Waals surface area contributed by atoms with Gasteiger partial charge in [-0.3, -0.25) is 9.78 Å². The summed E-state index contributed by atoms with van der Waals surface area (Å²) in [4.78, 5) is 25.8. The summed E-state index contributed by atoms with van der Waals surface area (Å²) >= 11 is 0. The van der Waals surface area contributed by atoms with Crippen LogP contribution in [0.5, 0.6) is 0 Å². The summed E-state index contributed by atoms with van der Waals surface area (Å²) in [7, 11) is 0. The van der Waals surface area contributed by atoms with Crippen LogP contribution in [0.15, 0.2) is 45.6 Å². The SMILES string of the molecule is Cc1ccc(NC(=O)Cc2ccc3oc(=O)[nH]c3c2)cc1C. The lowest BCUT2D eigenvalue weighted by Crippen LogP contribution is -2.14. The van der Waals surface area contributed by atoms with Crippen LogP contribution >= 0.6 is 0 Å². The smallest absolute Gasteiger partial charge is 0.408 e. The molecule has 2 N–H and O–H groups in total.